The van der Waals surface area contributed by atoms with Gasteiger partial charge in [0.2, 0.25) is 0 Å². The van der Waals surface area contributed by atoms with E-state index in [2.05, 4.69) is 36.1 Å². The third-order valence-electron chi connectivity index (χ3n) is 4.57. The van der Waals surface area contributed by atoms with Gasteiger partial charge in [0.25, 0.3) is 0 Å². The number of hydrogen-bond donors (Lipinski definition) is 0. The third kappa shape index (κ3) is 2.01. The molecule has 1 aromatic rings. The van der Waals surface area contributed by atoms with Crippen LogP contribution in [-0.2, 0) is 6.42 Å². The summed E-state index contributed by atoms with van der Waals surface area (Å²) < 4.78 is 0. The molecule has 1 aliphatic heterocycles. The summed E-state index contributed by atoms with van der Waals surface area (Å²) in [6.45, 7) is 4.93. The Bertz CT molecular complexity index is 383. The van der Waals surface area contributed by atoms with Crippen LogP contribution in [0, 0.1) is 0 Å². The first-order chi connectivity index (χ1) is 8.40. The Labute approximate surface area is 105 Å². The van der Waals surface area contributed by atoms with E-state index in [1.54, 1.807) is 11.1 Å². The van der Waals surface area contributed by atoms with Crippen molar-refractivity contribution in [2.24, 2.45) is 0 Å². The Kier molecular flexibility index (Phi) is 3.19. The number of piperidine rings is 1. The number of benzene rings is 1. The van der Waals surface area contributed by atoms with Gasteiger partial charge in [-0.05, 0) is 62.2 Å². The highest BCUT2D eigenvalue weighted by molar-refractivity contribution is 5.34. The van der Waals surface area contributed by atoms with E-state index in [9.17, 15) is 0 Å². The smallest absolute Gasteiger partial charge is 0.0167 e. The van der Waals surface area contributed by atoms with E-state index in [1.165, 1.54) is 45.2 Å². The molecule has 0 saturated carbocycles. The van der Waals surface area contributed by atoms with Crippen LogP contribution in [0.15, 0.2) is 24.3 Å². The van der Waals surface area contributed by atoms with Crippen LogP contribution in [-0.4, -0.2) is 24.0 Å². The van der Waals surface area contributed by atoms with E-state index in [0.29, 0.717) is 0 Å². The molecule has 0 N–H and O–H groups in total. The van der Waals surface area contributed by atoms with E-state index in [1.807, 2.05) is 0 Å². The van der Waals surface area contributed by atoms with Crippen LogP contribution in [0.5, 0.6) is 0 Å². The lowest BCUT2D eigenvalue weighted by molar-refractivity contribution is 0.113. The zero-order chi connectivity index (χ0) is 11.7. The van der Waals surface area contributed by atoms with Crippen LogP contribution in [0.2, 0.25) is 0 Å². The fourth-order valence-electron chi connectivity index (χ4n) is 3.87. The predicted molar refractivity (Wildman–Crippen MR) is 72.4 cm³/mol. The van der Waals surface area contributed by atoms with Crippen LogP contribution < -0.4 is 0 Å². The minimum absolute atomic E-state index is 0.820. The first-order valence-corrected chi connectivity index (χ1v) is 7.22. The minimum Gasteiger partial charge on any atom is -0.300 e. The number of rotatable bonds is 2. The van der Waals surface area contributed by atoms with Crippen LogP contribution >= 0.6 is 0 Å². The maximum atomic E-state index is 2.75. The maximum absolute atomic E-state index is 2.75. The molecule has 1 nitrogen and oxygen atoms in total. The SMILES string of the molecule is CCCN1CCC[C@H]2c3ccccc3CC[C@H]21. The summed E-state index contributed by atoms with van der Waals surface area (Å²) >= 11 is 0. The monoisotopic (exact) mass is 229 g/mol. The fraction of sp³-hybridized carbons (Fsp3) is 0.625. The summed E-state index contributed by atoms with van der Waals surface area (Å²) in [7, 11) is 0. The van der Waals surface area contributed by atoms with E-state index in [4.69, 9.17) is 0 Å². The summed E-state index contributed by atoms with van der Waals surface area (Å²) in [6.07, 6.45) is 6.75. The lowest BCUT2D eigenvalue weighted by Crippen LogP contribution is -2.46. The van der Waals surface area contributed by atoms with Crippen LogP contribution in [0.3, 0.4) is 0 Å². The van der Waals surface area contributed by atoms with Gasteiger partial charge < -0.3 is 0 Å². The van der Waals surface area contributed by atoms with Crippen molar-refractivity contribution in [2.75, 3.05) is 13.1 Å². The van der Waals surface area contributed by atoms with E-state index < -0.39 is 0 Å². The topological polar surface area (TPSA) is 3.24 Å². The van der Waals surface area contributed by atoms with E-state index in [-0.39, 0.29) is 0 Å². The molecule has 3 rings (SSSR count). The molecular weight excluding hydrogens is 206 g/mol. The van der Waals surface area contributed by atoms with Crippen molar-refractivity contribution < 1.29 is 0 Å². The molecule has 1 saturated heterocycles. The summed E-state index contributed by atoms with van der Waals surface area (Å²) in [5, 5.41) is 0. The predicted octanol–water partition coefficient (Wildman–Crippen LogP) is 3.59. The molecule has 1 aromatic carbocycles. The largest absolute Gasteiger partial charge is 0.300 e. The second-order valence-electron chi connectivity index (χ2n) is 5.59. The Balaban J connectivity index is 1.88. The molecule has 92 valence electrons. The number of aryl methyl sites for hydroxylation is 1. The molecule has 1 aliphatic carbocycles. The Morgan fingerprint density at radius 1 is 1.24 bits per heavy atom. The average molecular weight is 229 g/mol. The molecule has 2 aliphatic rings. The van der Waals surface area contributed by atoms with Gasteiger partial charge in [-0.1, -0.05) is 31.2 Å². The highest BCUT2D eigenvalue weighted by Gasteiger charge is 2.35. The van der Waals surface area contributed by atoms with Crippen molar-refractivity contribution in [1.29, 1.82) is 0 Å². The van der Waals surface area contributed by atoms with Crippen molar-refractivity contribution in [3.63, 3.8) is 0 Å². The van der Waals surface area contributed by atoms with Gasteiger partial charge in [-0.2, -0.15) is 0 Å². The molecule has 0 amide bonds. The van der Waals surface area contributed by atoms with Gasteiger partial charge in [0.15, 0.2) is 0 Å². The number of fused-ring (bicyclic) bond motifs is 3. The van der Waals surface area contributed by atoms with Crippen molar-refractivity contribution in [2.45, 2.75) is 51.0 Å². The molecule has 0 bridgehead atoms. The highest BCUT2D eigenvalue weighted by atomic mass is 15.2. The molecule has 0 spiro atoms. The normalized spacial score (nSPS) is 28.5. The maximum Gasteiger partial charge on any atom is 0.0167 e. The molecule has 0 unspecified atom stereocenters. The van der Waals surface area contributed by atoms with E-state index in [0.717, 1.165) is 12.0 Å². The summed E-state index contributed by atoms with van der Waals surface area (Å²) in [5.74, 6) is 0.820. The summed E-state index contributed by atoms with van der Waals surface area (Å²) in [6, 6.07) is 9.97. The zero-order valence-electron chi connectivity index (χ0n) is 10.9. The van der Waals surface area contributed by atoms with Gasteiger partial charge in [-0.3, -0.25) is 4.90 Å². The molecule has 1 heterocycles. The quantitative estimate of drug-likeness (QED) is 0.749. The van der Waals surface area contributed by atoms with Crippen LogP contribution in [0.25, 0.3) is 0 Å². The van der Waals surface area contributed by atoms with Crippen molar-refractivity contribution in [3.05, 3.63) is 35.4 Å². The molecule has 1 fully saturated rings. The van der Waals surface area contributed by atoms with Crippen molar-refractivity contribution in [3.8, 4) is 0 Å². The van der Waals surface area contributed by atoms with Gasteiger partial charge >= 0.3 is 0 Å². The molecule has 1 heteroatoms. The third-order valence-corrected chi connectivity index (χ3v) is 4.57. The van der Waals surface area contributed by atoms with E-state index >= 15 is 0 Å². The highest BCUT2D eigenvalue weighted by Crippen LogP contribution is 2.40. The van der Waals surface area contributed by atoms with Gasteiger partial charge in [-0.25, -0.2) is 0 Å². The minimum atomic E-state index is 0.820. The second kappa shape index (κ2) is 4.81. The molecular formula is C16H23N. The lowest BCUT2D eigenvalue weighted by atomic mass is 9.74. The van der Waals surface area contributed by atoms with Gasteiger partial charge in [0, 0.05) is 6.04 Å². The zero-order valence-corrected chi connectivity index (χ0v) is 10.9. The average Bonchev–Trinajstić information content (AvgIpc) is 2.39. The summed E-state index contributed by atoms with van der Waals surface area (Å²) in [4.78, 5) is 2.75. The molecule has 0 radical (unpaired) electrons. The van der Waals surface area contributed by atoms with Crippen LogP contribution in [0.4, 0.5) is 0 Å². The standard InChI is InChI=1S/C16H23N/c1-2-11-17-12-5-8-15-14-7-4-3-6-13(14)9-10-16(15)17/h3-4,6-7,15-16H,2,5,8-12H2,1H3/t15-,16+/m0/s1. The van der Waals surface area contributed by atoms with Gasteiger partial charge in [-0.15, -0.1) is 0 Å². The number of nitrogens with zero attached hydrogens (tertiary/aromatic N) is 1. The van der Waals surface area contributed by atoms with Crippen molar-refractivity contribution in [1.82, 2.24) is 4.90 Å². The molecule has 0 aromatic heterocycles. The Hall–Kier alpha value is -0.820. The van der Waals surface area contributed by atoms with Crippen LogP contribution in [0.1, 0.15) is 49.7 Å². The number of hydrogen-bond acceptors (Lipinski definition) is 1. The first-order valence-electron chi connectivity index (χ1n) is 7.22. The Morgan fingerprint density at radius 2 is 2.12 bits per heavy atom. The number of likely N-dealkylation sites (tertiary alicyclic amines) is 1. The Morgan fingerprint density at radius 3 is 3.00 bits per heavy atom. The van der Waals surface area contributed by atoms with Crippen molar-refractivity contribution >= 4 is 0 Å². The lowest BCUT2D eigenvalue weighted by Gasteiger charge is -2.45. The fourth-order valence-corrected chi connectivity index (χ4v) is 3.87. The first kappa shape index (κ1) is 11.3. The van der Waals surface area contributed by atoms with Gasteiger partial charge in [0.05, 0.1) is 0 Å². The molecule has 17 heavy (non-hydrogen) atoms. The summed E-state index contributed by atoms with van der Waals surface area (Å²) in [5.41, 5.74) is 3.27. The van der Waals surface area contributed by atoms with Gasteiger partial charge in [0.1, 0.15) is 0 Å². The second-order valence-corrected chi connectivity index (χ2v) is 5.59. The molecule has 2 atom stereocenters.